The van der Waals surface area contributed by atoms with Crippen molar-refractivity contribution in [3.63, 3.8) is 0 Å². The third-order valence-electron chi connectivity index (χ3n) is 1.51. The van der Waals surface area contributed by atoms with Gasteiger partial charge in [-0.2, -0.15) is 0 Å². The Balaban J connectivity index is 0. The molecule has 0 aromatic carbocycles. The molecule has 0 bridgehead atoms. The maximum atomic E-state index is 5.14. The SMILES string of the molecule is CC1CCOCC1.[CH3-].[K+]. The molecular formula is C7H15KO. The van der Waals surface area contributed by atoms with E-state index in [0.29, 0.717) is 0 Å². The Hall–Kier alpha value is 1.60. The number of ether oxygens (including phenoxy) is 1. The Labute approximate surface area is 101 Å². The smallest absolute Gasteiger partial charge is 0.381 e. The van der Waals surface area contributed by atoms with E-state index >= 15 is 0 Å². The van der Waals surface area contributed by atoms with E-state index in [1.807, 2.05) is 0 Å². The first-order chi connectivity index (χ1) is 3.39. The zero-order valence-electron chi connectivity index (χ0n) is 6.81. The minimum atomic E-state index is 0. The number of hydrogen-bond donors (Lipinski definition) is 0. The van der Waals surface area contributed by atoms with Crippen LogP contribution in [0.15, 0.2) is 0 Å². The van der Waals surface area contributed by atoms with Gasteiger partial charge in [0.25, 0.3) is 0 Å². The van der Waals surface area contributed by atoms with Crippen LogP contribution in [0.1, 0.15) is 19.8 Å². The first-order valence-corrected chi connectivity index (χ1v) is 2.97. The second kappa shape index (κ2) is 7.70. The van der Waals surface area contributed by atoms with Crippen molar-refractivity contribution < 1.29 is 56.1 Å². The Kier molecular flexibility index (Phi) is 11.3. The summed E-state index contributed by atoms with van der Waals surface area (Å²) in [7, 11) is 0. The predicted molar refractivity (Wildman–Crippen MR) is 35.6 cm³/mol. The van der Waals surface area contributed by atoms with E-state index < -0.39 is 0 Å². The van der Waals surface area contributed by atoms with Crippen LogP contribution in [0.2, 0.25) is 0 Å². The molecule has 2 heteroatoms. The Morgan fingerprint density at radius 3 is 1.89 bits per heavy atom. The molecule has 0 aromatic rings. The van der Waals surface area contributed by atoms with Gasteiger partial charge in [0.15, 0.2) is 0 Å². The maximum Gasteiger partial charge on any atom is 1.00 e. The van der Waals surface area contributed by atoms with Crippen molar-refractivity contribution in [2.75, 3.05) is 13.2 Å². The first kappa shape index (κ1) is 13.2. The molecule has 0 atom stereocenters. The van der Waals surface area contributed by atoms with E-state index in [0.717, 1.165) is 19.1 Å². The summed E-state index contributed by atoms with van der Waals surface area (Å²) in [6, 6.07) is 0. The topological polar surface area (TPSA) is 9.23 Å². The molecule has 0 unspecified atom stereocenters. The molecular weight excluding hydrogens is 139 g/mol. The van der Waals surface area contributed by atoms with Gasteiger partial charge in [-0.15, -0.1) is 0 Å². The summed E-state index contributed by atoms with van der Waals surface area (Å²) < 4.78 is 5.14. The van der Waals surface area contributed by atoms with E-state index in [2.05, 4.69) is 6.92 Å². The summed E-state index contributed by atoms with van der Waals surface area (Å²) in [5.74, 6) is 0.911. The molecule has 0 N–H and O–H groups in total. The van der Waals surface area contributed by atoms with Crippen molar-refractivity contribution in [2.45, 2.75) is 19.8 Å². The van der Waals surface area contributed by atoms with Gasteiger partial charge in [-0.05, 0) is 18.8 Å². The fourth-order valence-electron chi connectivity index (χ4n) is 0.815. The first-order valence-electron chi connectivity index (χ1n) is 2.97. The molecule has 1 heterocycles. The van der Waals surface area contributed by atoms with Crippen LogP contribution >= 0.6 is 0 Å². The Bertz CT molecular complexity index is 50.9. The van der Waals surface area contributed by atoms with Gasteiger partial charge in [0.1, 0.15) is 0 Å². The van der Waals surface area contributed by atoms with Gasteiger partial charge in [-0.3, -0.25) is 0 Å². The molecule has 0 aliphatic carbocycles. The normalized spacial score (nSPS) is 19.7. The molecule has 1 fully saturated rings. The van der Waals surface area contributed by atoms with Crippen LogP contribution in [0.3, 0.4) is 0 Å². The van der Waals surface area contributed by atoms with Crippen molar-refractivity contribution in [1.82, 2.24) is 0 Å². The van der Waals surface area contributed by atoms with Gasteiger partial charge in [-0.1, -0.05) is 6.92 Å². The third kappa shape index (κ3) is 6.01. The van der Waals surface area contributed by atoms with Crippen molar-refractivity contribution in [3.8, 4) is 0 Å². The van der Waals surface area contributed by atoms with Crippen LogP contribution in [-0.2, 0) is 4.74 Å². The van der Waals surface area contributed by atoms with E-state index in [9.17, 15) is 0 Å². The van der Waals surface area contributed by atoms with E-state index in [4.69, 9.17) is 4.74 Å². The van der Waals surface area contributed by atoms with E-state index in [1.165, 1.54) is 12.8 Å². The van der Waals surface area contributed by atoms with Crippen LogP contribution in [0.4, 0.5) is 0 Å². The summed E-state index contributed by atoms with van der Waals surface area (Å²) in [5, 5.41) is 0. The van der Waals surface area contributed by atoms with Crippen LogP contribution in [0.5, 0.6) is 0 Å². The molecule has 1 saturated heterocycles. The van der Waals surface area contributed by atoms with Crippen molar-refractivity contribution in [3.05, 3.63) is 7.43 Å². The quantitative estimate of drug-likeness (QED) is 0.317. The summed E-state index contributed by atoms with van der Waals surface area (Å²) in [6.45, 7) is 4.25. The average Bonchev–Trinajstić information content (AvgIpc) is 1.69. The zero-order chi connectivity index (χ0) is 5.11. The van der Waals surface area contributed by atoms with Crippen LogP contribution in [-0.4, -0.2) is 13.2 Å². The molecule has 50 valence electrons. The second-order valence-electron chi connectivity index (χ2n) is 2.29. The minimum Gasteiger partial charge on any atom is -0.381 e. The van der Waals surface area contributed by atoms with Crippen LogP contribution in [0, 0.1) is 13.3 Å². The monoisotopic (exact) mass is 154 g/mol. The molecule has 0 aromatic heterocycles. The number of hydrogen-bond acceptors (Lipinski definition) is 1. The summed E-state index contributed by atoms with van der Waals surface area (Å²) in [6.07, 6.45) is 2.53. The molecule has 0 spiro atoms. The van der Waals surface area contributed by atoms with E-state index in [-0.39, 0.29) is 58.8 Å². The molecule has 0 amide bonds. The van der Waals surface area contributed by atoms with Gasteiger partial charge >= 0.3 is 51.4 Å². The van der Waals surface area contributed by atoms with E-state index in [1.54, 1.807) is 0 Å². The van der Waals surface area contributed by atoms with Crippen LogP contribution in [0.25, 0.3) is 0 Å². The predicted octanol–water partition coefficient (Wildman–Crippen LogP) is -1.11. The largest absolute Gasteiger partial charge is 1.00 e. The van der Waals surface area contributed by atoms with Crippen molar-refractivity contribution in [2.24, 2.45) is 5.92 Å². The van der Waals surface area contributed by atoms with Gasteiger partial charge in [-0.25, -0.2) is 0 Å². The number of rotatable bonds is 0. The third-order valence-corrected chi connectivity index (χ3v) is 1.51. The molecule has 0 radical (unpaired) electrons. The van der Waals surface area contributed by atoms with Gasteiger partial charge < -0.3 is 12.2 Å². The zero-order valence-corrected chi connectivity index (χ0v) is 9.94. The maximum absolute atomic E-state index is 5.14. The molecule has 9 heavy (non-hydrogen) atoms. The molecule has 1 rings (SSSR count). The molecule has 1 nitrogen and oxygen atoms in total. The standard InChI is InChI=1S/C6H12O.CH3.K/c1-6-2-4-7-5-3-6;;/h6H,2-5H2,1H3;1H3;/q;-1;+1. The summed E-state index contributed by atoms with van der Waals surface area (Å²) >= 11 is 0. The van der Waals surface area contributed by atoms with Gasteiger partial charge in [0, 0.05) is 13.2 Å². The van der Waals surface area contributed by atoms with Gasteiger partial charge in [0.05, 0.1) is 0 Å². The van der Waals surface area contributed by atoms with Crippen molar-refractivity contribution >= 4 is 0 Å². The Morgan fingerprint density at radius 1 is 1.22 bits per heavy atom. The second-order valence-corrected chi connectivity index (χ2v) is 2.29. The fraction of sp³-hybridized carbons (Fsp3) is 0.857. The molecule has 0 saturated carbocycles. The molecule has 1 aliphatic heterocycles. The molecule has 1 aliphatic rings. The summed E-state index contributed by atoms with van der Waals surface area (Å²) in [5.41, 5.74) is 0. The Morgan fingerprint density at radius 2 is 1.67 bits per heavy atom. The fourth-order valence-corrected chi connectivity index (χ4v) is 0.815. The van der Waals surface area contributed by atoms with Gasteiger partial charge in [0.2, 0.25) is 0 Å². The van der Waals surface area contributed by atoms with Crippen LogP contribution < -0.4 is 51.4 Å². The van der Waals surface area contributed by atoms with Crippen molar-refractivity contribution in [1.29, 1.82) is 0 Å². The average molecular weight is 154 g/mol. The summed E-state index contributed by atoms with van der Waals surface area (Å²) in [4.78, 5) is 0. The minimum absolute atomic E-state index is 0.